The molecule has 0 aliphatic carbocycles. The number of carbonyl (C=O) groups excluding carboxylic acids is 1. The number of phenols is 1. The molecule has 1 rings (SSSR count). The summed E-state index contributed by atoms with van der Waals surface area (Å²) < 4.78 is 13.1. The SMILES string of the molecule is NC(=O)CC(O)C(O)c1cc(Cl)cc(F)c1O. The summed E-state index contributed by atoms with van der Waals surface area (Å²) >= 11 is 5.54. The third-order valence-electron chi connectivity index (χ3n) is 2.15. The van der Waals surface area contributed by atoms with E-state index in [-0.39, 0.29) is 10.6 Å². The number of primary amides is 1. The predicted octanol–water partition coefficient (Wildman–Crippen LogP) is 0.454. The van der Waals surface area contributed by atoms with Gasteiger partial charge in [0.2, 0.25) is 5.91 Å². The normalized spacial score (nSPS) is 14.4. The molecule has 1 aromatic carbocycles. The van der Waals surface area contributed by atoms with Crippen LogP contribution in [0.15, 0.2) is 12.1 Å². The van der Waals surface area contributed by atoms with Gasteiger partial charge in [-0.15, -0.1) is 0 Å². The maximum atomic E-state index is 13.1. The van der Waals surface area contributed by atoms with Gasteiger partial charge in [-0.2, -0.15) is 0 Å². The lowest BCUT2D eigenvalue weighted by Gasteiger charge is -2.18. The van der Waals surface area contributed by atoms with E-state index in [0.717, 1.165) is 12.1 Å². The van der Waals surface area contributed by atoms with Crippen LogP contribution in [0.4, 0.5) is 4.39 Å². The Balaban J connectivity index is 3.03. The molecule has 0 radical (unpaired) electrons. The van der Waals surface area contributed by atoms with Crippen LogP contribution in [0.5, 0.6) is 5.75 Å². The Morgan fingerprint density at radius 1 is 1.47 bits per heavy atom. The molecule has 0 spiro atoms. The number of benzene rings is 1. The first-order valence-electron chi connectivity index (χ1n) is 4.65. The van der Waals surface area contributed by atoms with Crippen LogP contribution in [0.1, 0.15) is 18.1 Å². The van der Waals surface area contributed by atoms with Gasteiger partial charge in [-0.3, -0.25) is 4.79 Å². The van der Waals surface area contributed by atoms with Crippen molar-refractivity contribution in [2.24, 2.45) is 5.73 Å². The van der Waals surface area contributed by atoms with Crippen molar-refractivity contribution in [2.45, 2.75) is 18.6 Å². The number of phenolic OH excluding ortho intramolecular Hbond substituents is 1. The molecule has 0 aliphatic heterocycles. The van der Waals surface area contributed by atoms with Crippen LogP contribution in [0.25, 0.3) is 0 Å². The van der Waals surface area contributed by atoms with E-state index in [1.165, 1.54) is 0 Å². The molecule has 17 heavy (non-hydrogen) atoms. The molecule has 0 saturated heterocycles. The first kappa shape index (κ1) is 13.7. The van der Waals surface area contributed by atoms with E-state index >= 15 is 0 Å². The molecule has 0 fully saturated rings. The molecular formula is C10H11ClFNO4. The number of carbonyl (C=O) groups is 1. The zero-order valence-electron chi connectivity index (χ0n) is 8.60. The molecule has 0 saturated carbocycles. The fourth-order valence-electron chi connectivity index (χ4n) is 1.34. The van der Waals surface area contributed by atoms with Crippen LogP contribution in [-0.2, 0) is 4.79 Å². The molecule has 1 amide bonds. The van der Waals surface area contributed by atoms with Crippen LogP contribution in [0.2, 0.25) is 5.02 Å². The van der Waals surface area contributed by atoms with Crippen molar-refractivity contribution in [1.82, 2.24) is 0 Å². The van der Waals surface area contributed by atoms with Gasteiger partial charge in [0.05, 0.1) is 12.5 Å². The first-order valence-corrected chi connectivity index (χ1v) is 5.03. The lowest BCUT2D eigenvalue weighted by atomic mass is 10.0. The van der Waals surface area contributed by atoms with Gasteiger partial charge in [0, 0.05) is 10.6 Å². The molecule has 2 atom stereocenters. The third kappa shape index (κ3) is 3.29. The Morgan fingerprint density at radius 2 is 2.06 bits per heavy atom. The number of aliphatic hydroxyl groups excluding tert-OH is 2. The smallest absolute Gasteiger partial charge is 0.220 e. The molecule has 0 heterocycles. The average molecular weight is 264 g/mol. The standard InChI is InChI=1S/C10H11ClFNO4/c11-4-1-5(9(16)6(12)2-4)10(17)7(14)3-8(13)15/h1-2,7,10,14,16-17H,3H2,(H2,13,15). The number of nitrogens with two attached hydrogens (primary N) is 1. The van der Waals surface area contributed by atoms with Gasteiger partial charge in [-0.1, -0.05) is 11.6 Å². The minimum Gasteiger partial charge on any atom is -0.505 e. The molecule has 0 bridgehead atoms. The van der Waals surface area contributed by atoms with Gasteiger partial charge in [0.25, 0.3) is 0 Å². The molecule has 1 aromatic rings. The fourth-order valence-corrected chi connectivity index (χ4v) is 1.55. The summed E-state index contributed by atoms with van der Waals surface area (Å²) in [5, 5.41) is 28.3. The van der Waals surface area contributed by atoms with Gasteiger partial charge >= 0.3 is 0 Å². The number of amides is 1. The highest BCUT2D eigenvalue weighted by atomic mass is 35.5. The van der Waals surface area contributed by atoms with Crippen LogP contribution >= 0.6 is 11.6 Å². The predicted molar refractivity (Wildman–Crippen MR) is 57.9 cm³/mol. The Morgan fingerprint density at radius 3 is 2.59 bits per heavy atom. The summed E-state index contributed by atoms with van der Waals surface area (Å²) in [4.78, 5) is 10.6. The largest absolute Gasteiger partial charge is 0.505 e. The van der Waals surface area contributed by atoms with Crippen molar-refractivity contribution in [1.29, 1.82) is 0 Å². The second-order valence-electron chi connectivity index (χ2n) is 3.51. The maximum Gasteiger partial charge on any atom is 0.220 e. The summed E-state index contributed by atoms with van der Waals surface area (Å²) in [5.41, 5.74) is 4.53. The lowest BCUT2D eigenvalue weighted by molar-refractivity contribution is -0.121. The number of rotatable bonds is 4. The summed E-state index contributed by atoms with van der Waals surface area (Å²) in [6.07, 6.45) is -3.72. The Bertz CT molecular complexity index is 441. The minimum atomic E-state index is -1.66. The molecule has 94 valence electrons. The molecule has 0 aliphatic rings. The van der Waals surface area contributed by atoms with Crippen molar-refractivity contribution < 1.29 is 24.5 Å². The quantitative estimate of drug-likeness (QED) is 0.633. The molecule has 5 N–H and O–H groups in total. The van der Waals surface area contributed by atoms with Gasteiger partial charge in [0.15, 0.2) is 11.6 Å². The number of hydrogen-bond donors (Lipinski definition) is 4. The zero-order chi connectivity index (χ0) is 13.2. The van der Waals surface area contributed by atoms with Crippen LogP contribution < -0.4 is 5.73 Å². The van der Waals surface area contributed by atoms with E-state index in [1.54, 1.807) is 0 Å². The summed E-state index contributed by atoms with van der Waals surface area (Å²) in [5.74, 6) is -2.69. The van der Waals surface area contributed by atoms with Gasteiger partial charge in [-0.25, -0.2) is 4.39 Å². The van der Waals surface area contributed by atoms with E-state index in [1.807, 2.05) is 0 Å². The van der Waals surface area contributed by atoms with Gasteiger partial charge < -0.3 is 21.1 Å². The minimum absolute atomic E-state index is 0.0550. The second-order valence-corrected chi connectivity index (χ2v) is 3.94. The number of hydrogen-bond acceptors (Lipinski definition) is 4. The Hall–Kier alpha value is -1.37. The fraction of sp³-hybridized carbons (Fsp3) is 0.300. The summed E-state index contributed by atoms with van der Waals surface area (Å²) in [7, 11) is 0. The first-order chi connectivity index (χ1) is 7.82. The summed E-state index contributed by atoms with van der Waals surface area (Å²) in [6.45, 7) is 0. The van der Waals surface area contributed by atoms with E-state index in [4.69, 9.17) is 17.3 Å². The van der Waals surface area contributed by atoms with E-state index in [0.29, 0.717) is 0 Å². The van der Waals surface area contributed by atoms with Crippen molar-refractivity contribution in [2.75, 3.05) is 0 Å². The lowest BCUT2D eigenvalue weighted by Crippen LogP contribution is -2.25. The highest BCUT2D eigenvalue weighted by Gasteiger charge is 2.25. The Labute approximate surface area is 101 Å². The molecule has 7 heteroatoms. The second kappa shape index (κ2) is 5.31. The molecule has 2 unspecified atom stereocenters. The van der Waals surface area contributed by atoms with E-state index in [9.17, 15) is 24.5 Å². The topological polar surface area (TPSA) is 104 Å². The highest BCUT2D eigenvalue weighted by Crippen LogP contribution is 2.32. The van der Waals surface area contributed by atoms with Crippen molar-refractivity contribution in [3.05, 3.63) is 28.5 Å². The molecular weight excluding hydrogens is 253 g/mol. The van der Waals surface area contributed by atoms with E-state index < -0.39 is 36.1 Å². The van der Waals surface area contributed by atoms with Gasteiger partial charge in [-0.05, 0) is 12.1 Å². The average Bonchev–Trinajstić information content (AvgIpc) is 2.21. The van der Waals surface area contributed by atoms with Crippen LogP contribution in [0, 0.1) is 5.82 Å². The van der Waals surface area contributed by atoms with Crippen molar-refractivity contribution >= 4 is 17.5 Å². The Kier molecular flexibility index (Phi) is 4.28. The van der Waals surface area contributed by atoms with Gasteiger partial charge in [0.1, 0.15) is 6.10 Å². The van der Waals surface area contributed by atoms with E-state index in [2.05, 4.69) is 0 Å². The number of aliphatic hydroxyl groups is 2. The summed E-state index contributed by atoms with van der Waals surface area (Å²) in [6, 6.07) is 1.95. The monoisotopic (exact) mass is 263 g/mol. The molecule has 0 aromatic heterocycles. The van der Waals surface area contributed by atoms with Crippen molar-refractivity contribution in [3.63, 3.8) is 0 Å². The van der Waals surface area contributed by atoms with Crippen LogP contribution in [-0.4, -0.2) is 27.3 Å². The third-order valence-corrected chi connectivity index (χ3v) is 2.37. The maximum absolute atomic E-state index is 13.1. The number of aromatic hydroxyl groups is 1. The zero-order valence-corrected chi connectivity index (χ0v) is 9.36. The highest BCUT2D eigenvalue weighted by molar-refractivity contribution is 6.30. The molecule has 5 nitrogen and oxygen atoms in total. The van der Waals surface area contributed by atoms with Crippen LogP contribution in [0.3, 0.4) is 0 Å². The van der Waals surface area contributed by atoms with Crippen molar-refractivity contribution in [3.8, 4) is 5.75 Å². The number of halogens is 2.